The quantitative estimate of drug-likeness (QED) is 0.687. The fraction of sp³-hybridized carbons (Fsp3) is 1.00. The van der Waals surface area contributed by atoms with E-state index in [0.29, 0.717) is 19.8 Å². The molecule has 2 N–H and O–H groups in total. The maximum absolute atomic E-state index is 11.1. The van der Waals surface area contributed by atoms with Gasteiger partial charge in [0.05, 0.1) is 12.4 Å². The molecular weight excluding hydrogens is 202 g/mol. The highest BCUT2D eigenvalue weighted by Crippen LogP contribution is 2.52. The van der Waals surface area contributed by atoms with E-state index in [4.69, 9.17) is 10.5 Å². The summed E-state index contributed by atoms with van der Waals surface area (Å²) in [6.07, 6.45) is 2.16. The number of sulfone groups is 1. The van der Waals surface area contributed by atoms with Crippen LogP contribution in [0.5, 0.6) is 0 Å². The molecule has 1 aliphatic rings. The van der Waals surface area contributed by atoms with E-state index in [1.54, 1.807) is 0 Å². The molecule has 0 saturated heterocycles. The fourth-order valence-corrected chi connectivity index (χ4v) is 3.03. The Morgan fingerprint density at radius 1 is 1.57 bits per heavy atom. The molecule has 0 heterocycles. The number of nitrogens with two attached hydrogens (primary N) is 1. The molecule has 0 aromatic heterocycles. The van der Waals surface area contributed by atoms with Gasteiger partial charge in [0.25, 0.3) is 0 Å². The van der Waals surface area contributed by atoms with Gasteiger partial charge in [0, 0.05) is 24.8 Å². The van der Waals surface area contributed by atoms with Crippen molar-refractivity contribution in [3.8, 4) is 0 Å². The Morgan fingerprint density at radius 3 is 2.64 bits per heavy atom. The minimum absolute atomic E-state index is 0.0565. The molecule has 0 amide bonds. The topological polar surface area (TPSA) is 69.4 Å². The Bertz CT molecular complexity index is 288. The van der Waals surface area contributed by atoms with Crippen LogP contribution in [-0.4, -0.2) is 40.2 Å². The van der Waals surface area contributed by atoms with Crippen LogP contribution in [0.25, 0.3) is 0 Å². The predicted molar refractivity (Wildman–Crippen MR) is 55.8 cm³/mol. The van der Waals surface area contributed by atoms with Gasteiger partial charge in [-0.1, -0.05) is 0 Å². The summed E-state index contributed by atoms with van der Waals surface area (Å²) in [5, 5.41) is 0. The van der Waals surface area contributed by atoms with Crippen molar-refractivity contribution < 1.29 is 13.2 Å². The number of hydrogen-bond acceptors (Lipinski definition) is 4. The van der Waals surface area contributed by atoms with Crippen LogP contribution < -0.4 is 5.73 Å². The van der Waals surface area contributed by atoms with Crippen LogP contribution >= 0.6 is 0 Å². The van der Waals surface area contributed by atoms with E-state index in [0.717, 1.165) is 6.42 Å². The van der Waals surface area contributed by atoms with Crippen LogP contribution in [0.3, 0.4) is 0 Å². The van der Waals surface area contributed by atoms with Crippen LogP contribution in [0.1, 0.15) is 13.3 Å². The molecule has 1 fully saturated rings. The first-order valence-corrected chi connectivity index (χ1v) is 6.95. The van der Waals surface area contributed by atoms with Gasteiger partial charge in [-0.3, -0.25) is 0 Å². The molecule has 0 unspecified atom stereocenters. The van der Waals surface area contributed by atoms with Crippen LogP contribution in [0.2, 0.25) is 0 Å². The van der Waals surface area contributed by atoms with Crippen LogP contribution in [0.15, 0.2) is 0 Å². The van der Waals surface area contributed by atoms with Gasteiger partial charge in [-0.15, -0.1) is 0 Å². The molecule has 84 valence electrons. The van der Waals surface area contributed by atoms with Crippen molar-refractivity contribution in [1.82, 2.24) is 0 Å². The first-order chi connectivity index (χ1) is 6.43. The summed E-state index contributed by atoms with van der Waals surface area (Å²) in [7, 11) is -2.88. The zero-order valence-electron chi connectivity index (χ0n) is 8.82. The molecule has 4 nitrogen and oxygen atoms in total. The Hall–Kier alpha value is -0.130. The third-order valence-corrected chi connectivity index (χ3v) is 3.87. The second-order valence-electron chi connectivity index (χ2n) is 4.20. The molecule has 0 aromatic carbocycles. The zero-order chi connectivity index (χ0) is 10.8. The molecule has 1 aliphatic carbocycles. The molecular formula is C9H19NO3S. The van der Waals surface area contributed by atoms with E-state index in [-0.39, 0.29) is 17.1 Å². The van der Waals surface area contributed by atoms with Gasteiger partial charge in [-0.05, 0) is 19.3 Å². The average molecular weight is 221 g/mol. The van der Waals surface area contributed by atoms with Crippen molar-refractivity contribution in [3.05, 3.63) is 0 Å². The normalized spacial score (nSPS) is 31.8. The van der Waals surface area contributed by atoms with Crippen molar-refractivity contribution in [1.29, 1.82) is 0 Å². The zero-order valence-corrected chi connectivity index (χ0v) is 9.64. The second-order valence-corrected chi connectivity index (χ2v) is 6.38. The molecule has 1 rings (SSSR count). The van der Waals surface area contributed by atoms with Gasteiger partial charge in [0.1, 0.15) is 9.84 Å². The highest BCUT2D eigenvalue weighted by atomic mass is 32.2. The number of hydrogen-bond donors (Lipinski definition) is 1. The third kappa shape index (κ3) is 2.93. The molecule has 1 saturated carbocycles. The van der Waals surface area contributed by atoms with Crippen LogP contribution in [-0.2, 0) is 14.6 Å². The van der Waals surface area contributed by atoms with E-state index in [1.807, 2.05) is 6.92 Å². The minimum Gasteiger partial charge on any atom is -0.381 e. The lowest BCUT2D eigenvalue weighted by Crippen LogP contribution is -2.25. The molecule has 0 radical (unpaired) electrons. The monoisotopic (exact) mass is 221 g/mol. The van der Waals surface area contributed by atoms with E-state index in [1.165, 1.54) is 6.26 Å². The van der Waals surface area contributed by atoms with Crippen LogP contribution in [0.4, 0.5) is 0 Å². The van der Waals surface area contributed by atoms with Crippen molar-refractivity contribution in [3.63, 3.8) is 0 Å². The van der Waals surface area contributed by atoms with E-state index in [2.05, 4.69) is 0 Å². The van der Waals surface area contributed by atoms with Crippen molar-refractivity contribution in [2.75, 3.05) is 31.8 Å². The van der Waals surface area contributed by atoms with Crippen LogP contribution in [0, 0.1) is 11.3 Å². The molecule has 0 aromatic rings. The summed E-state index contributed by atoms with van der Waals surface area (Å²) in [4.78, 5) is 0. The molecule has 14 heavy (non-hydrogen) atoms. The van der Waals surface area contributed by atoms with Crippen molar-refractivity contribution in [2.24, 2.45) is 17.1 Å². The summed E-state index contributed by atoms with van der Waals surface area (Å²) in [6.45, 7) is 3.71. The second kappa shape index (κ2) is 4.16. The SMILES string of the molecule is CCOC[C@]1(CN)C[C@@H]1CS(C)(=O)=O. The molecule has 0 aliphatic heterocycles. The summed E-state index contributed by atoms with van der Waals surface area (Å²) < 4.78 is 27.5. The Kier molecular flexibility index (Phi) is 3.55. The van der Waals surface area contributed by atoms with E-state index >= 15 is 0 Å². The average Bonchev–Trinajstić information content (AvgIpc) is 2.73. The molecule has 0 bridgehead atoms. The van der Waals surface area contributed by atoms with E-state index < -0.39 is 9.84 Å². The molecule has 2 atom stereocenters. The third-order valence-electron chi connectivity index (χ3n) is 2.86. The Balaban J connectivity index is 2.46. The lowest BCUT2D eigenvalue weighted by molar-refractivity contribution is 0.0982. The smallest absolute Gasteiger partial charge is 0.147 e. The van der Waals surface area contributed by atoms with Crippen molar-refractivity contribution in [2.45, 2.75) is 13.3 Å². The highest BCUT2D eigenvalue weighted by Gasteiger charge is 2.54. The van der Waals surface area contributed by atoms with Gasteiger partial charge < -0.3 is 10.5 Å². The fourth-order valence-electron chi connectivity index (χ4n) is 1.82. The number of rotatable bonds is 6. The maximum atomic E-state index is 11.1. The lowest BCUT2D eigenvalue weighted by Gasteiger charge is -2.14. The number of ether oxygens (including phenoxy) is 1. The summed E-state index contributed by atoms with van der Waals surface area (Å²) in [5.74, 6) is 0.450. The van der Waals surface area contributed by atoms with Gasteiger partial charge in [0.15, 0.2) is 0 Å². The van der Waals surface area contributed by atoms with E-state index in [9.17, 15) is 8.42 Å². The Morgan fingerprint density at radius 2 is 2.21 bits per heavy atom. The standard InChI is InChI=1S/C9H19NO3S/c1-3-13-7-9(6-10)4-8(9)5-14(2,11)12/h8H,3-7,10H2,1-2H3/t8-,9-/m1/s1. The van der Waals surface area contributed by atoms with Gasteiger partial charge in [0.2, 0.25) is 0 Å². The Labute approximate surface area is 85.7 Å². The molecule has 0 spiro atoms. The predicted octanol–water partition coefficient (Wildman–Crippen LogP) is 0.0325. The first kappa shape index (κ1) is 11.9. The largest absolute Gasteiger partial charge is 0.381 e. The summed E-state index contributed by atoms with van der Waals surface area (Å²) in [6, 6.07) is 0. The van der Waals surface area contributed by atoms with Crippen molar-refractivity contribution >= 4 is 9.84 Å². The van der Waals surface area contributed by atoms with Gasteiger partial charge in [-0.25, -0.2) is 8.42 Å². The summed E-state index contributed by atoms with van der Waals surface area (Å²) >= 11 is 0. The highest BCUT2D eigenvalue weighted by molar-refractivity contribution is 7.90. The maximum Gasteiger partial charge on any atom is 0.147 e. The minimum atomic E-state index is -2.88. The summed E-state index contributed by atoms with van der Waals surface area (Å²) in [5.41, 5.74) is 5.59. The first-order valence-electron chi connectivity index (χ1n) is 4.89. The van der Waals surface area contributed by atoms with Gasteiger partial charge in [-0.2, -0.15) is 0 Å². The molecule has 5 heteroatoms. The lowest BCUT2D eigenvalue weighted by atomic mass is 10.1. The van der Waals surface area contributed by atoms with Gasteiger partial charge >= 0.3 is 0 Å².